The number of rotatable bonds is 8. The molecule has 0 amide bonds. The minimum atomic E-state index is 0.824. The Bertz CT molecular complexity index is 494. The van der Waals surface area contributed by atoms with Gasteiger partial charge in [-0.2, -0.15) is 0 Å². The van der Waals surface area contributed by atoms with E-state index < -0.39 is 0 Å². The molecule has 108 valence electrons. The molecule has 2 aromatic heterocycles. The molecule has 0 saturated heterocycles. The monoisotopic (exact) mass is 290 g/mol. The lowest BCUT2D eigenvalue weighted by Gasteiger charge is -2.17. The predicted molar refractivity (Wildman–Crippen MR) is 84.8 cm³/mol. The second-order valence-electron chi connectivity index (χ2n) is 4.56. The van der Waals surface area contributed by atoms with Crippen LogP contribution in [0.5, 0.6) is 0 Å². The SMILES string of the molecule is CCN(CC)CCNCc1csc(-c2ccccn2)n1. The Morgan fingerprint density at radius 1 is 1.25 bits per heavy atom. The third kappa shape index (κ3) is 4.37. The van der Waals surface area contributed by atoms with Crippen molar-refractivity contribution in [2.45, 2.75) is 20.4 Å². The van der Waals surface area contributed by atoms with Crippen LogP contribution in [0.25, 0.3) is 10.7 Å². The van der Waals surface area contributed by atoms with E-state index in [2.05, 4.69) is 39.4 Å². The average Bonchev–Trinajstić information content (AvgIpc) is 2.97. The van der Waals surface area contributed by atoms with Gasteiger partial charge in [0.2, 0.25) is 0 Å². The van der Waals surface area contributed by atoms with Crippen LogP contribution in [0.4, 0.5) is 0 Å². The summed E-state index contributed by atoms with van der Waals surface area (Å²) in [5.74, 6) is 0. The van der Waals surface area contributed by atoms with Crippen molar-refractivity contribution in [1.82, 2.24) is 20.2 Å². The zero-order valence-corrected chi connectivity index (χ0v) is 13.0. The van der Waals surface area contributed by atoms with Crippen molar-refractivity contribution in [3.8, 4) is 10.7 Å². The molecule has 0 radical (unpaired) electrons. The van der Waals surface area contributed by atoms with Gasteiger partial charge in [0.1, 0.15) is 5.01 Å². The van der Waals surface area contributed by atoms with E-state index in [-0.39, 0.29) is 0 Å². The Morgan fingerprint density at radius 3 is 2.80 bits per heavy atom. The molecule has 0 aromatic carbocycles. The molecule has 0 aliphatic carbocycles. The van der Waals surface area contributed by atoms with Crippen molar-refractivity contribution in [3.05, 3.63) is 35.5 Å². The van der Waals surface area contributed by atoms with E-state index in [1.165, 1.54) is 0 Å². The van der Waals surface area contributed by atoms with E-state index in [9.17, 15) is 0 Å². The molecule has 2 heterocycles. The first-order valence-electron chi connectivity index (χ1n) is 7.12. The number of nitrogens with one attached hydrogen (secondary N) is 1. The number of thiazole rings is 1. The summed E-state index contributed by atoms with van der Waals surface area (Å²) in [6, 6.07) is 5.91. The number of aromatic nitrogens is 2. The zero-order chi connectivity index (χ0) is 14.2. The van der Waals surface area contributed by atoms with Crippen molar-refractivity contribution < 1.29 is 0 Å². The highest BCUT2D eigenvalue weighted by Crippen LogP contribution is 2.20. The molecule has 2 aromatic rings. The van der Waals surface area contributed by atoms with Gasteiger partial charge in [-0.15, -0.1) is 11.3 Å². The predicted octanol–water partition coefficient (Wildman–Crippen LogP) is 2.64. The Balaban J connectivity index is 1.79. The van der Waals surface area contributed by atoms with Gasteiger partial charge in [0.15, 0.2) is 0 Å². The quantitative estimate of drug-likeness (QED) is 0.759. The fourth-order valence-corrected chi connectivity index (χ4v) is 2.78. The molecule has 2 rings (SSSR count). The van der Waals surface area contributed by atoms with Gasteiger partial charge in [-0.25, -0.2) is 4.98 Å². The maximum absolute atomic E-state index is 4.62. The number of nitrogens with zero attached hydrogens (tertiary/aromatic N) is 3. The molecule has 0 aliphatic heterocycles. The van der Waals surface area contributed by atoms with Crippen LogP contribution >= 0.6 is 11.3 Å². The first kappa shape index (κ1) is 15.1. The Hall–Kier alpha value is -1.30. The summed E-state index contributed by atoms with van der Waals surface area (Å²) in [4.78, 5) is 11.4. The molecule has 0 bridgehead atoms. The van der Waals surface area contributed by atoms with Crippen LogP contribution in [-0.4, -0.2) is 41.0 Å². The Kier molecular flexibility index (Phi) is 6.11. The van der Waals surface area contributed by atoms with E-state index in [1.54, 1.807) is 17.5 Å². The smallest absolute Gasteiger partial charge is 0.142 e. The first-order chi connectivity index (χ1) is 9.83. The van der Waals surface area contributed by atoms with Gasteiger partial charge in [-0.3, -0.25) is 4.98 Å². The highest BCUT2D eigenvalue weighted by Gasteiger charge is 2.05. The minimum absolute atomic E-state index is 0.824. The minimum Gasteiger partial charge on any atom is -0.310 e. The molecule has 0 atom stereocenters. The largest absolute Gasteiger partial charge is 0.310 e. The molecule has 0 aliphatic rings. The van der Waals surface area contributed by atoms with Crippen molar-refractivity contribution in [2.24, 2.45) is 0 Å². The van der Waals surface area contributed by atoms with Crippen LogP contribution in [0.2, 0.25) is 0 Å². The Morgan fingerprint density at radius 2 is 2.10 bits per heavy atom. The highest BCUT2D eigenvalue weighted by atomic mass is 32.1. The summed E-state index contributed by atoms with van der Waals surface area (Å²) in [6.45, 7) is 9.52. The fourth-order valence-electron chi connectivity index (χ4n) is 1.99. The van der Waals surface area contributed by atoms with Crippen LogP contribution < -0.4 is 5.32 Å². The van der Waals surface area contributed by atoms with Gasteiger partial charge in [-0.05, 0) is 25.2 Å². The highest BCUT2D eigenvalue weighted by molar-refractivity contribution is 7.13. The third-order valence-corrected chi connectivity index (χ3v) is 4.15. The molecule has 1 N–H and O–H groups in total. The summed E-state index contributed by atoms with van der Waals surface area (Å²) < 4.78 is 0. The van der Waals surface area contributed by atoms with Gasteiger partial charge in [-0.1, -0.05) is 19.9 Å². The number of hydrogen-bond acceptors (Lipinski definition) is 5. The Labute approximate surface area is 124 Å². The van der Waals surface area contributed by atoms with E-state index in [4.69, 9.17) is 0 Å². The standard InChI is InChI=1S/C15H22N4S/c1-3-19(4-2)10-9-16-11-13-12-20-15(18-13)14-7-5-6-8-17-14/h5-8,12,16H,3-4,9-11H2,1-2H3. The second-order valence-corrected chi connectivity index (χ2v) is 5.42. The van der Waals surface area contributed by atoms with Crippen LogP contribution in [0.15, 0.2) is 29.8 Å². The van der Waals surface area contributed by atoms with Gasteiger partial charge in [0.05, 0.1) is 11.4 Å². The van der Waals surface area contributed by atoms with E-state index in [0.29, 0.717) is 0 Å². The molecule has 5 heteroatoms. The number of hydrogen-bond donors (Lipinski definition) is 1. The van der Waals surface area contributed by atoms with Gasteiger partial charge in [0, 0.05) is 31.2 Å². The van der Waals surface area contributed by atoms with Crippen molar-refractivity contribution in [2.75, 3.05) is 26.2 Å². The lowest BCUT2D eigenvalue weighted by molar-refractivity contribution is 0.302. The molecular formula is C15H22N4S. The molecule has 0 saturated carbocycles. The second kappa shape index (κ2) is 8.09. The lowest BCUT2D eigenvalue weighted by atomic mass is 10.3. The lowest BCUT2D eigenvalue weighted by Crippen LogP contribution is -2.31. The van der Waals surface area contributed by atoms with Crippen LogP contribution in [0.3, 0.4) is 0 Å². The molecular weight excluding hydrogens is 268 g/mol. The first-order valence-corrected chi connectivity index (χ1v) is 8.00. The molecule has 4 nitrogen and oxygen atoms in total. The summed E-state index contributed by atoms with van der Waals surface area (Å²) in [6.07, 6.45) is 1.80. The van der Waals surface area contributed by atoms with E-state index >= 15 is 0 Å². The summed E-state index contributed by atoms with van der Waals surface area (Å²) >= 11 is 1.65. The maximum Gasteiger partial charge on any atom is 0.142 e. The van der Waals surface area contributed by atoms with Crippen molar-refractivity contribution in [3.63, 3.8) is 0 Å². The van der Waals surface area contributed by atoms with Crippen LogP contribution in [0, 0.1) is 0 Å². The summed E-state index contributed by atoms with van der Waals surface area (Å²) in [5.41, 5.74) is 2.04. The van der Waals surface area contributed by atoms with E-state index in [0.717, 1.165) is 49.1 Å². The molecule has 20 heavy (non-hydrogen) atoms. The van der Waals surface area contributed by atoms with Crippen molar-refractivity contribution in [1.29, 1.82) is 0 Å². The summed E-state index contributed by atoms with van der Waals surface area (Å²) in [5, 5.41) is 6.55. The van der Waals surface area contributed by atoms with E-state index in [1.807, 2.05) is 18.2 Å². The van der Waals surface area contributed by atoms with Crippen LogP contribution in [0.1, 0.15) is 19.5 Å². The number of pyridine rings is 1. The molecule has 0 unspecified atom stereocenters. The van der Waals surface area contributed by atoms with Gasteiger partial charge >= 0.3 is 0 Å². The van der Waals surface area contributed by atoms with Gasteiger partial charge < -0.3 is 10.2 Å². The number of likely N-dealkylation sites (N-methyl/N-ethyl adjacent to an activating group) is 1. The topological polar surface area (TPSA) is 41.0 Å². The normalized spacial score (nSPS) is 11.2. The molecule has 0 spiro atoms. The zero-order valence-electron chi connectivity index (χ0n) is 12.2. The van der Waals surface area contributed by atoms with Crippen molar-refractivity contribution >= 4 is 11.3 Å². The molecule has 0 fully saturated rings. The third-order valence-electron chi connectivity index (χ3n) is 3.24. The average molecular weight is 290 g/mol. The van der Waals surface area contributed by atoms with Crippen LogP contribution in [-0.2, 0) is 6.54 Å². The maximum atomic E-state index is 4.62. The summed E-state index contributed by atoms with van der Waals surface area (Å²) in [7, 11) is 0. The van der Waals surface area contributed by atoms with Gasteiger partial charge in [0.25, 0.3) is 0 Å². The fraction of sp³-hybridized carbons (Fsp3) is 0.467.